The van der Waals surface area contributed by atoms with Crippen LogP contribution in [0.3, 0.4) is 0 Å². The van der Waals surface area contributed by atoms with Gasteiger partial charge in [-0.3, -0.25) is 4.79 Å². The third kappa shape index (κ3) is 3.26. The first kappa shape index (κ1) is 16.4. The molecule has 0 saturated carbocycles. The Morgan fingerprint density at radius 1 is 1.09 bits per heavy atom. The van der Waals surface area contributed by atoms with E-state index in [2.05, 4.69) is 5.32 Å². The van der Waals surface area contributed by atoms with Gasteiger partial charge >= 0.3 is 0 Å². The lowest BCUT2D eigenvalue weighted by molar-refractivity contribution is 0.103. The Balaban J connectivity index is 1.94. The number of hydrogen-bond donors (Lipinski definition) is 1. The van der Waals surface area contributed by atoms with Crippen LogP contribution in [-0.2, 0) is 0 Å². The number of halogens is 3. The molecule has 0 saturated heterocycles. The Labute approximate surface area is 151 Å². The van der Waals surface area contributed by atoms with E-state index in [1.807, 2.05) is 18.2 Å². The highest BCUT2D eigenvalue weighted by molar-refractivity contribution is 7.21. The fraction of sp³-hybridized carbons (Fsp3) is 0.0625. The molecule has 2 aromatic carbocycles. The maximum absolute atomic E-state index is 12.5. The number of fused-ring (bicyclic) bond motifs is 1. The van der Waals surface area contributed by atoms with Crippen molar-refractivity contribution >= 4 is 67.8 Å². The molecule has 1 heterocycles. The number of amides is 1. The summed E-state index contributed by atoms with van der Waals surface area (Å²) in [5, 5.41) is 4.76. The van der Waals surface area contributed by atoms with Crippen molar-refractivity contribution in [2.45, 2.75) is 0 Å². The van der Waals surface area contributed by atoms with E-state index in [4.69, 9.17) is 39.5 Å². The van der Waals surface area contributed by atoms with Gasteiger partial charge in [-0.2, -0.15) is 0 Å². The van der Waals surface area contributed by atoms with Crippen LogP contribution in [0.4, 0.5) is 5.69 Å². The third-order valence-corrected chi connectivity index (χ3v) is 5.63. The second-order valence-corrected chi connectivity index (χ2v) is 6.93. The van der Waals surface area contributed by atoms with Crippen molar-refractivity contribution in [3.05, 3.63) is 56.3 Å². The Kier molecular flexibility index (Phi) is 4.69. The molecule has 7 heteroatoms. The SMILES string of the molecule is COc1ccc2sc(C(=O)Nc3ccc(Cl)c(Cl)c3)c(Cl)c2c1. The fourth-order valence-electron chi connectivity index (χ4n) is 2.08. The Hall–Kier alpha value is -1.46. The summed E-state index contributed by atoms with van der Waals surface area (Å²) < 4.78 is 6.10. The van der Waals surface area contributed by atoms with Crippen LogP contribution in [0.25, 0.3) is 10.1 Å². The van der Waals surface area contributed by atoms with Crippen LogP contribution in [0.2, 0.25) is 15.1 Å². The molecule has 0 fully saturated rings. The predicted molar refractivity (Wildman–Crippen MR) is 97.8 cm³/mol. The lowest BCUT2D eigenvalue weighted by atomic mass is 10.2. The molecule has 3 aromatic rings. The smallest absolute Gasteiger partial charge is 0.267 e. The Bertz CT molecular complexity index is 908. The monoisotopic (exact) mass is 385 g/mol. The predicted octanol–water partition coefficient (Wildman–Crippen LogP) is 6.12. The number of anilines is 1. The van der Waals surface area contributed by atoms with E-state index in [1.165, 1.54) is 11.3 Å². The molecule has 0 radical (unpaired) electrons. The molecular weight excluding hydrogens is 377 g/mol. The summed E-state index contributed by atoms with van der Waals surface area (Å²) in [4.78, 5) is 12.9. The van der Waals surface area contributed by atoms with Crippen LogP contribution in [0, 0.1) is 0 Å². The highest BCUT2D eigenvalue weighted by atomic mass is 35.5. The number of carbonyl (C=O) groups excluding carboxylic acids is 1. The summed E-state index contributed by atoms with van der Waals surface area (Å²) in [5.74, 6) is 0.391. The van der Waals surface area contributed by atoms with Crippen LogP contribution in [-0.4, -0.2) is 13.0 Å². The van der Waals surface area contributed by atoms with Gasteiger partial charge in [-0.25, -0.2) is 0 Å². The van der Waals surface area contributed by atoms with Gasteiger partial charge in [0, 0.05) is 15.8 Å². The summed E-state index contributed by atoms with van der Waals surface area (Å²) in [6.07, 6.45) is 0. The van der Waals surface area contributed by atoms with Crippen molar-refractivity contribution in [1.29, 1.82) is 0 Å². The number of hydrogen-bond acceptors (Lipinski definition) is 3. The number of rotatable bonds is 3. The van der Waals surface area contributed by atoms with Gasteiger partial charge in [-0.1, -0.05) is 34.8 Å². The molecule has 1 amide bonds. The number of methoxy groups -OCH3 is 1. The zero-order valence-corrected chi connectivity index (χ0v) is 14.9. The molecule has 1 N–H and O–H groups in total. The van der Waals surface area contributed by atoms with Gasteiger partial charge in [0.05, 0.1) is 22.2 Å². The summed E-state index contributed by atoms with van der Waals surface area (Å²) in [5.41, 5.74) is 0.551. The van der Waals surface area contributed by atoms with Gasteiger partial charge in [0.25, 0.3) is 5.91 Å². The minimum absolute atomic E-state index is 0.298. The molecule has 3 rings (SSSR count). The van der Waals surface area contributed by atoms with E-state index >= 15 is 0 Å². The largest absolute Gasteiger partial charge is 0.497 e. The van der Waals surface area contributed by atoms with Crippen LogP contribution in [0.5, 0.6) is 5.75 Å². The van der Waals surface area contributed by atoms with Gasteiger partial charge in [0.2, 0.25) is 0 Å². The van der Waals surface area contributed by atoms with Crippen LogP contribution < -0.4 is 10.1 Å². The van der Waals surface area contributed by atoms with Gasteiger partial charge in [0.15, 0.2) is 0 Å². The zero-order chi connectivity index (χ0) is 16.6. The fourth-order valence-corrected chi connectivity index (χ4v) is 3.76. The van der Waals surface area contributed by atoms with Gasteiger partial charge in [-0.15, -0.1) is 11.3 Å². The number of benzene rings is 2. The molecule has 3 nitrogen and oxygen atoms in total. The summed E-state index contributed by atoms with van der Waals surface area (Å²) in [6, 6.07) is 10.4. The van der Waals surface area contributed by atoms with E-state index in [0.717, 1.165) is 10.1 Å². The van der Waals surface area contributed by atoms with Crippen molar-refractivity contribution in [2.75, 3.05) is 12.4 Å². The first-order chi connectivity index (χ1) is 11.0. The molecule has 0 aliphatic heterocycles. The lowest BCUT2D eigenvalue weighted by Crippen LogP contribution is -2.10. The van der Waals surface area contributed by atoms with E-state index in [1.54, 1.807) is 25.3 Å². The van der Waals surface area contributed by atoms with E-state index in [-0.39, 0.29) is 5.91 Å². The molecule has 0 bridgehead atoms. The Morgan fingerprint density at radius 3 is 2.57 bits per heavy atom. The maximum atomic E-state index is 12.5. The first-order valence-corrected chi connectivity index (χ1v) is 8.47. The second-order valence-electron chi connectivity index (χ2n) is 4.69. The van der Waals surface area contributed by atoms with Gasteiger partial charge in [-0.05, 0) is 36.4 Å². The third-order valence-electron chi connectivity index (χ3n) is 3.22. The molecule has 0 aliphatic rings. The molecule has 0 unspecified atom stereocenters. The topological polar surface area (TPSA) is 38.3 Å². The second kappa shape index (κ2) is 6.57. The number of carbonyl (C=O) groups is 1. The molecule has 1 aromatic heterocycles. The van der Waals surface area contributed by atoms with Crippen LogP contribution in [0.1, 0.15) is 9.67 Å². The summed E-state index contributed by atoms with van der Waals surface area (Å²) in [6.45, 7) is 0. The number of thiophene rings is 1. The summed E-state index contributed by atoms with van der Waals surface area (Å²) in [7, 11) is 1.58. The average molecular weight is 387 g/mol. The molecule has 0 spiro atoms. The van der Waals surface area contributed by atoms with Gasteiger partial charge < -0.3 is 10.1 Å². The van der Waals surface area contributed by atoms with E-state index in [9.17, 15) is 4.79 Å². The van der Waals surface area contributed by atoms with Gasteiger partial charge in [0.1, 0.15) is 10.6 Å². The Morgan fingerprint density at radius 2 is 1.87 bits per heavy atom. The van der Waals surface area contributed by atoms with Crippen molar-refractivity contribution < 1.29 is 9.53 Å². The standard InChI is InChI=1S/C16H10Cl3NO2S/c1-22-9-3-5-13-10(7-9)14(19)15(23-13)16(21)20-8-2-4-11(17)12(18)6-8/h2-7H,1H3,(H,20,21). The summed E-state index contributed by atoms with van der Waals surface area (Å²) >= 11 is 19.5. The lowest BCUT2D eigenvalue weighted by Gasteiger charge is -2.05. The van der Waals surface area contributed by atoms with Crippen molar-refractivity contribution in [1.82, 2.24) is 0 Å². The maximum Gasteiger partial charge on any atom is 0.267 e. The normalized spacial score (nSPS) is 10.8. The molecule has 0 atom stereocenters. The highest BCUT2D eigenvalue weighted by Crippen LogP contribution is 2.37. The zero-order valence-electron chi connectivity index (χ0n) is 11.8. The minimum Gasteiger partial charge on any atom is -0.497 e. The molecule has 23 heavy (non-hydrogen) atoms. The quantitative estimate of drug-likeness (QED) is 0.588. The van der Waals surface area contributed by atoms with Crippen molar-refractivity contribution in [3.8, 4) is 5.75 Å². The number of ether oxygens (including phenoxy) is 1. The average Bonchev–Trinajstić information content (AvgIpc) is 2.87. The van der Waals surface area contributed by atoms with Crippen LogP contribution in [0.15, 0.2) is 36.4 Å². The number of nitrogens with one attached hydrogen (secondary N) is 1. The van der Waals surface area contributed by atoms with Crippen molar-refractivity contribution in [3.63, 3.8) is 0 Å². The van der Waals surface area contributed by atoms with Crippen molar-refractivity contribution in [2.24, 2.45) is 0 Å². The van der Waals surface area contributed by atoms with Crippen LogP contribution >= 0.6 is 46.1 Å². The first-order valence-electron chi connectivity index (χ1n) is 6.52. The van der Waals surface area contributed by atoms with E-state index < -0.39 is 0 Å². The molecule has 118 valence electrons. The highest BCUT2D eigenvalue weighted by Gasteiger charge is 2.18. The van der Waals surface area contributed by atoms with E-state index in [0.29, 0.717) is 31.4 Å². The molecular formula is C16H10Cl3NO2S. The molecule has 0 aliphatic carbocycles. The minimum atomic E-state index is -0.298.